The van der Waals surface area contributed by atoms with Crippen LogP contribution in [0.15, 0.2) is 48.8 Å². The minimum Gasteiger partial charge on any atom is -0.455 e. The van der Waals surface area contributed by atoms with E-state index in [1.54, 1.807) is 18.5 Å². The van der Waals surface area contributed by atoms with E-state index < -0.39 is 0 Å². The average Bonchev–Trinajstić information content (AvgIpc) is 3.06. The summed E-state index contributed by atoms with van der Waals surface area (Å²) in [5.74, 6) is 1.55. The molecule has 0 unspecified atom stereocenters. The van der Waals surface area contributed by atoms with Crippen LogP contribution in [-0.4, -0.2) is 17.4 Å². The molecule has 0 bridgehead atoms. The van der Waals surface area contributed by atoms with E-state index in [1.807, 2.05) is 30.3 Å². The number of anilines is 1. The topological polar surface area (TPSA) is 77.2 Å². The van der Waals surface area contributed by atoms with Gasteiger partial charge in [0.1, 0.15) is 11.4 Å². The van der Waals surface area contributed by atoms with Gasteiger partial charge in [-0.1, -0.05) is 24.6 Å². The molecule has 0 radical (unpaired) electrons. The third-order valence-corrected chi connectivity index (χ3v) is 4.31. The third-order valence-electron chi connectivity index (χ3n) is 4.31. The summed E-state index contributed by atoms with van der Waals surface area (Å²) in [5, 5.41) is 2.96. The largest absolute Gasteiger partial charge is 0.455 e. The Hall–Kier alpha value is -1.82. The van der Waals surface area contributed by atoms with Gasteiger partial charge in [-0.15, -0.1) is 24.8 Å². The average molecular weight is 384 g/mol. The Morgan fingerprint density at radius 2 is 1.96 bits per heavy atom. The van der Waals surface area contributed by atoms with Crippen LogP contribution in [0.5, 0.6) is 11.5 Å². The van der Waals surface area contributed by atoms with Crippen molar-refractivity contribution in [3.63, 3.8) is 0 Å². The minimum absolute atomic E-state index is 0. The van der Waals surface area contributed by atoms with Crippen molar-refractivity contribution in [2.45, 2.75) is 19.3 Å². The third kappa shape index (κ3) is 5.33. The van der Waals surface area contributed by atoms with E-state index >= 15 is 0 Å². The number of rotatable bonds is 5. The van der Waals surface area contributed by atoms with Gasteiger partial charge in [-0.3, -0.25) is 9.78 Å². The highest BCUT2D eigenvalue weighted by molar-refractivity contribution is 5.94. The quantitative estimate of drug-likeness (QED) is 0.816. The van der Waals surface area contributed by atoms with E-state index in [0.29, 0.717) is 18.0 Å². The molecular weight excluding hydrogens is 361 g/mol. The van der Waals surface area contributed by atoms with Crippen LogP contribution in [0, 0.1) is 11.8 Å². The minimum atomic E-state index is -0.0234. The van der Waals surface area contributed by atoms with Crippen molar-refractivity contribution < 1.29 is 9.53 Å². The molecule has 136 valence electrons. The van der Waals surface area contributed by atoms with Crippen LogP contribution in [0.3, 0.4) is 0 Å². The molecule has 3 rings (SSSR count). The van der Waals surface area contributed by atoms with Gasteiger partial charge in [0.15, 0.2) is 5.75 Å². The standard InChI is InChI=1S/C18H21N3O2.2ClH/c19-11-13-5-4-8-15(13)18(22)21-16-12-20-10-9-17(16)23-14-6-2-1-3-7-14;;/h1-3,6-7,9-10,12-13,15H,4-5,8,11,19H2,(H,21,22);2*1H/t13-,15-;;/m1../s1. The lowest BCUT2D eigenvalue weighted by Gasteiger charge is -2.18. The number of carbonyl (C=O) groups excluding carboxylic acids is 1. The number of hydrogen-bond acceptors (Lipinski definition) is 4. The number of nitrogens with two attached hydrogens (primary N) is 1. The fourth-order valence-electron chi connectivity index (χ4n) is 3.07. The zero-order chi connectivity index (χ0) is 16.1. The number of nitrogens with one attached hydrogen (secondary N) is 1. The lowest BCUT2D eigenvalue weighted by molar-refractivity contribution is -0.120. The first-order valence-corrected chi connectivity index (χ1v) is 7.96. The Morgan fingerprint density at radius 1 is 1.20 bits per heavy atom. The lowest BCUT2D eigenvalue weighted by Crippen LogP contribution is -2.29. The first-order chi connectivity index (χ1) is 11.3. The molecule has 5 nitrogen and oxygen atoms in total. The smallest absolute Gasteiger partial charge is 0.227 e. The highest BCUT2D eigenvalue weighted by Gasteiger charge is 2.32. The predicted octanol–water partition coefficient (Wildman–Crippen LogP) is 4.03. The fourth-order valence-corrected chi connectivity index (χ4v) is 3.07. The number of ether oxygens (including phenoxy) is 1. The maximum Gasteiger partial charge on any atom is 0.227 e. The van der Waals surface area contributed by atoms with Gasteiger partial charge in [0.2, 0.25) is 5.91 Å². The summed E-state index contributed by atoms with van der Waals surface area (Å²) in [6.07, 6.45) is 6.23. The van der Waals surface area contributed by atoms with Gasteiger partial charge in [-0.25, -0.2) is 0 Å². The SMILES string of the molecule is Cl.Cl.NC[C@H]1CCC[C@H]1C(=O)Nc1cnccc1Oc1ccccc1. The number of nitrogens with zero attached hydrogens (tertiary/aromatic N) is 1. The molecule has 1 aromatic carbocycles. The van der Waals surface area contributed by atoms with Crippen molar-refractivity contribution in [3.05, 3.63) is 48.8 Å². The molecule has 2 atom stereocenters. The molecule has 3 N–H and O–H groups in total. The number of carbonyl (C=O) groups is 1. The van der Waals surface area contributed by atoms with Crippen molar-refractivity contribution in [2.75, 3.05) is 11.9 Å². The van der Waals surface area contributed by atoms with Gasteiger partial charge >= 0.3 is 0 Å². The number of hydrogen-bond donors (Lipinski definition) is 2. The first kappa shape index (κ1) is 21.2. The lowest BCUT2D eigenvalue weighted by atomic mass is 9.95. The van der Waals surface area contributed by atoms with Crippen molar-refractivity contribution in [1.29, 1.82) is 0 Å². The fraction of sp³-hybridized carbons (Fsp3) is 0.333. The van der Waals surface area contributed by atoms with Crippen LogP contribution in [0.2, 0.25) is 0 Å². The predicted molar refractivity (Wildman–Crippen MR) is 104 cm³/mol. The maximum atomic E-state index is 12.5. The number of benzene rings is 1. The second kappa shape index (κ2) is 10.2. The normalized spacial score (nSPS) is 18.6. The zero-order valence-electron chi connectivity index (χ0n) is 13.8. The van der Waals surface area contributed by atoms with E-state index in [4.69, 9.17) is 10.5 Å². The molecule has 0 aliphatic heterocycles. The molecule has 1 heterocycles. The van der Waals surface area contributed by atoms with Gasteiger partial charge in [0.25, 0.3) is 0 Å². The molecule has 1 amide bonds. The van der Waals surface area contributed by atoms with E-state index in [1.165, 1.54) is 0 Å². The molecular formula is C18H23Cl2N3O2. The molecule has 1 aliphatic carbocycles. The molecule has 2 aromatic rings. The van der Waals surface area contributed by atoms with Crippen LogP contribution in [0.25, 0.3) is 0 Å². The van der Waals surface area contributed by atoms with Gasteiger partial charge in [0, 0.05) is 18.2 Å². The number of aromatic nitrogens is 1. The van der Waals surface area contributed by atoms with Crippen molar-refractivity contribution in [1.82, 2.24) is 4.98 Å². The Bertz CT molecular complexity index is 670. The van der Waals surface area contributed by atoms with Crippen LogP contribution in [-0.2, 0) is 4.79 Å². The van der Waals surface area contributed by atoms with Gasteiger partial charge < -0.3 is 15.8 Å². The van der Waals surface area contributed by atoms with E-state index in [-0.39, 0.29) is 42.6 Å². The molecule has 1 aliphatic rings. The van der Waals surface area contributed by atoms with Crippen molar-refractivity contribution >= 4 is 36.4 Å². The number of pyridine rings is 1. The van der Waals surface area contributed by atoms with E-state index in [0.717, 1.165) is 25.0 Å². The second-order valence-corrected chi connectivity index (χ2v) is 5.81. The monoisotopic (exact) mass is 383 g/mol. The van der Waals surface area contributed by atoms with Crippen molar-refractivity contribution in [3.8, 4) is 11.5 Å². The summed E-state index contributed by atoms with van der Waals surface area (Å²) >= 11 is 0. The summed E-state index contributed by atoms with van der Waals surface area (Å²) in [7, 11) is 0. The molecule has 1 aromatic heterocycles. The Labute approximate surface area is 160 Å². The Morgan fingerprint density at radius 3 is 2.68 bits per heavy atom. The Balaban J connectivity index is 0.00000156. The number of halogens is 2. The van der Waals surface area contributed by atoms with E-state index in [2.05, 4.69) is 10.3 Å². The van der Waals surface area contributed by atoms with Crippen LogP contribution in [0.4, 0.5) is 5.69 Å². The summed E-state index contributed by atoms with van der Waals surface area (Å²) in [6, 6.07) is 11.2. The molecule has 7 heteroatoms. The molecule has 25 heavy (non-hydrogen) atoms. The van der Waals surface area contributed by atoms with Gasteiger partial charge in [0.05, 0.1) is 6.20 Å². The summed E-state index contributed by atoms with van der Waals surface area (Å²) in [6.45, 7) is 0.554. The second-order valence-electron chi connectivity index (χ2n) is 5.81. The number of amides is 1. The maximum absolute atomic E-state index is 12.5. The highest BCUT2D eigenvalue weighted by atomic mass is 35.5. The Kier molecular flexibility index (Phi) is 8.69. The van der Waals surface area contributed by atoms with Crippen molar-refractivity contribution in [2.24, 2.45) is 17.6 Å². The summed E-state index contributed by atoms with van der Waals surface area (Å²) < 4.78 is 5.85. The zero-order valence-corrected chi connectivity index (χ0v) is 15.4. The highest BCUT2D eigenvalue weighted by Crippen LogP contribution is 2.34. The molecule has 0 saturated heterocycles. The van der Waals surface area contributed by atoms with E-state index in [9.17, 15) is 4.79 Å². The first-order valence-electron chi connectivity index (χ1n) is 7.96. The number of para-hydroxylation sites is 1. The van der Waals surface area contributed by atoms with Gasteiger partial charge in [-0.2, -0.15) is 0 Å². The summed E-state index contributed by atoms with van der Waals surface area (Å²) in [5.41, 5.74) is 6.36. The molecule has 0 spiro atoms. The van der Waals surface area contributed by atoms with Gasteiger partial charge in [-0.05, 0) is 37.4 Å². The van der Waals surface area contributed by atoms with Crippen LogP contribution < -0.4 is 15.8 Å². The van der Waals surface area contributed by atoms with Crippen LogP contribution >= 0.6 is 24.8 Å². The van der Waals surface area contributed by atoms with Crippen LogP contribution in [0.1, 0.15) is 19.3 Å². The summed E-state index contributed by atoms with van der Waals surface area (Å²) in [4.78, 5) is 16.6. The molecule has 1 fully saturated rings. The molecule has 1 saturated carbocycles.